The normalized spacial score (nSPS) is 17.4. The highest BCUT2D eigenvalue weighted by Gasteiger charge is 2.29. The summed E-state index contributed by atoms with van der Waals surface area (Å²) in [6, 6.07) is 3.39. The highest BCUT2D eigenvalue weighted by molar-refractivity contribution is 5.68. The number of unbranched alkanes of at least 4 members (excludes halogenated alkanes) is 1. The molecule has 0 unspecified atom stereocenters. The second-order valence-electron chi connectivity index (χ2n) is 5.18. The minimum absolute atomic E-state index is 0.225. The van der Waals surface area contributed by atoms with Gasteiger partial charge in [-0.3, -0.25) is 9.88 Å². The van der Waals surface area contributed by atoms with Crippen LogP contribution in [0.1, 0.15) is 25.3 Å². The van der Waals surface area contributed by atoms with Crippen LogP contribution in [0.5, 0.6) is 5.75 Å². The molecule has 1 fully saturated rings. The number of aromatic nitrogens is 1. The molecule has 2 heterocycles. The average molecular weight is 319 g/mol. The van der Waals surface area contributed by atoms with E-state index in [4.69, 9.17) is 19.5 Å². The zero-order valence-electron chi connectivity index (χ0n) is 13.2. The van der Waals surface area contributed by atoms with Crippen LogP contribution in [0.3, 0.4) is 0 Å². The van der Waals surface area contributed by atoms with Crippen molar-refractivity contribution in [3.8, 4) is 11.8 Å². The van der Waals surface area contributed by atoms with E-state index in [2.05, 4.69) is 11.1 Å². The molecule has 0 radical (unpaired) electrons. The molecule has 0 aromatic carbocycles. The molecule has 1 saturated heterocycles. The third-order valence-corrected chi connectivity index (χ3v) is 3.52. The Hall–Kier alpha value is -2.33. The lowest BCUT2D eigenvalue weighted by molar-refractivity contribution is -0.0226. The molecule has 0 bridgehead atoms. The van der Waals surface area contributed by atoms with E-state index in [-0.39, 0.29) is 18.7 Å². The summed E-state index contributed by atoms with van der Waals surface area (Å²) in [4.78, 5) is 17.7. The molecule has 0 saturated carbocycles. The largest absolute Gasteiger partial charge is 0.488 e. The van der Waals surface area contributed by atoms with Crippen LogP contribution in [-0.2, 0) is 9.47 Å². The molecular formula is C16H21N3O4. The van der Waals surface area contributed by atoms with Crippen molar-refractivity contribution in [2.45, 2.75) is 25.8 Å². The minimum Gasteiger partial charge on any atom is -0.488 e. The van der Waals surface area contributed by atoms with E-state index in [1.54, 1.807) is 11.0 Å². The zero-order valence-corrected chi connectivity index (χ0v) is 13.2. The SMILES string of the molecule is CCCCOC(=O)N1CCOC[C@@H]1COc1cnccc1C#N. The van der Waals surface area contributed by atoms with Gasteiger partial charge in [0, 0.05) is 12.7 Å². The molecule has 0 N–H and O–H groups in total. The van der Waals surface area contributed by atoms with Crippen molar-refractivity contribution in [2.75, 3.05) is 33.0 Å². The van der Waals surface area contributed by atoms with Gasteiger partial charge in [-0.1, -0.05) is 13.3 Å². The van der Waals surface area contributed by atoms with E-state index in [9.17, 15) is 4.79 Å². The molecule has 0 spiro atoms. The van der Waals surface area contributed by atoms with Gasteiger partial charge in [0.05, 0.1) is 37.6 Å². The Labute approximate surface area is 135 Å². The predicted molar refractivity (Wildman–Crippen MR) is 82.0 cm³/mol. The van der Waals surface area contributed by atoms with Crippen LogP contribution >= 0.6 is 0 Å². The molecule has 1 aliphatic heterocycles. The van der Waals surface area contributed by atoms with Gasteiger partial charge >= 0.3 is 6.09 Å². The van der Waals surface area contributed by atoms with Crippen molar-refractivity contribution < 1.29 is 19.0 Å². The highest BCUT2D eigenvalue weighted by Crippen LogP contribution is 2.17. The molecular weight excluding hydrogens is 298 g/mol. The van der Waals surface area contributed by atoms with Crippen molar-refractivity contribution in [2.24, 2.45) is 0 Å². The fourth-order valence-corrected chi connectivity index (χ4v) is 2.19. The van der Waals surface area contributed by atoms with Gasteiger partial charge in [0.25, 0.3) is 0 Å². The number of nitrogens with zero attached hydrogens (tertiary/aromatic N) is 3. The minimum atomic E-state index is -0.345. The zero-order chi connectivity index (χ0) is 16.5. The number of hydrogen-bond donors (Lipinski definition) is 0. The molecule has 2 rings (SSSR count). The number of ether oxygens (including phenoxy) is 3. The van der Waals surface area contributed by atoms with E-state index >= 15 is 0 Å². The molecule has 7 heteroatoms. The quantitative estimate of drug-likeness (QED) is 0.745. The van der Waals surface area contributed by atoms with E-state index in [1.165, 1.54) is 12.4 Å². The molecule has 1 aromatic heterocycles. The number of carbonyl (C=O) groups excluding carboxylic acids is 1. The fourth-order valence-electron chi connectivity index (χ4n) is 2.19. The smallest absolute Gasteiger partial charge is 0.410 e. The summed E-state index contributed by atoms with van der Waals surface area (Å²) in [6.45, 7) is 4.02. The van der Waals surface area contributed by atoms with Crippen molar-refractivity contribution in [3.63, 3.8) is 0 Å². The monoisotopic (exact) mass is 319 g/mol. The Kier molecular flexibility index (Phi) is 6.63. The predicted octanol–water partition coefficient (Wildman–Crippen LogP) is 1.97. The van der Waals surface area contributed by atoms with Crippen LogP contribution in [0.2, 0.25) is 0 Å². The van der Waals surface area contributed by atoms with Crippen molar-refractivity contribution >= 4 is 6.09 Å². The number of morpholine rings is 1. The molecule has 1 atom stereocenters. The van der Waals surface area contributed by atoms with Crippen LogP contribution in [0.25, 0.3) is 0 Å². The molecule has 1 aliphatic rings. The molecule has 1 amide bonds. The second-order valence-corrected chi connectivity index (χ2v) is 5.18. The van der Waals surface area contributed by atoms with Crippen molar-refractivity contribution in [3.05, 3.63) is 24.0 Å². The summed E-state index contributed by atoms with van der Waals surface area (Å²) in [5, 5.41) is 9.05. The molecule has 23 heavy (non-hydrogen) atoms. The first-order valence-electron chi connectivity index (χ1n) is 7.74. The van der Waals surface area contributed by atoms with Crippen LogP contribution in [0.15, 0.2) is 18.5 Å². The maximum Gasteiger partial charge on any atom is 0.410 e. The lowest BCUT2D eigenvalue weighted by Gasteiger charge is -2.34. The maximum atomic E-state index is 12.1. The van der Waals surface area contributed by atoms with E-state index in [0.717, 1.165) is 12.8 Å². The summed E-state index contributed by atoms with van der Waals surface area (Å²) in [6.07, 6.45) is 4.50. The summed E-state index contributed by atoms with van der Waals surface area (Å²) in [5.74, 6) is 0.403. The topological polar surface area (TPSA) is 84.7 Å². The standard InChI is InChI=1S/C16H21N3O4/c1-2-3-7-22-16(20)19-6-8-21-11-14(19)12-23-15-10-18-5-4-13(15)9-17/h4-5,10,14H,2-3,6-8,11-12H2,1H3/t14-/m1/s1. The lowest BCUT2D eigenvalue weighted by Crippen LogP contribution is -2.51. The van der Waals surface area contributed by atoms with Gasteiger partial charge in [-0.05, 0) is 12.5 Å². The molecule has 0 aliphatic carbocycles. The number of amides is 1. The first-order chi connectivity index (χ1) is 11.3. The molecule has 1 aromatic rings. The Bertz CT molecular complexity index is 559. The third-order valence-electron chi connectivity index (χ3n) is 3.52. The number of carbonyl (C=O) groups is 1. The van der Waals surface area contributed by atoms with E-state index in [0.29, 0.717) is 37.7 Å². The van der Waals surface area contributed by atoms with Gasteiger partial charge < -0.3 is 14.2 Å². The van der Waals surface area contributed by atoms with E-state index < -0.39 is 0 Å². The molecule has 7 nitrogen and oxygen atoms in total. The van der Waals surface area contributed by atoms with Gasteiger partial charge in [0.15, 0.2) is 5.75 Å². The second kappa shape index (κ2) is 8.96. The summed E-state index contributed by atoms with van der Waals surface area (Å²) in [5.41, 5.74) is 0.411. The Balaban J connectivity index is 1.93. The third kappa shape index (κ3) is 4.83. The van der Waals surface area contributed by atoms with Gasteiger partial charge in [0.2, 0.25) is 0 Å². The Morgan fingerprint density at radius 2 is 2.48 bits per heavy atom. The Morgan fingerprint density at radius 3 is 3.26 bits per heavy atom. The highest BCUT2D eigenvalue weighted by atomic mass is 16.6. The molecule has 124 valence electrons. The number of rotatable bonds is 6. The van der Waals surface area contributed by atoms with Crippen molar-refractivity contribution in [1.29, 1.82) is 5.26 Å². The van der Waals surface area contributed by atoms with Gasteiger partial charge in [-0.15, -0.1) is 0 Å². The summed E-state index contributed by atoms with van der Waals surface area (Å²) < 4.78 is 16.3. The summed E-state index contributed by atoms with van der Waals surface area (Å²) >= 11 is 0. The average Bonchev–Trinajstić information content (AvgIpc) is 2.60. The fraction of sp³-hybridized carbons (Fsp3) is 0.562. The number of nitriles is 1. The summed E-state index contributed by atoms with van der Waals surface area (Å²) in [7, 11) is 0. The first-order valence-corrected chi connectivity index (χ1v) is 7.74. The van der Waals surface area contributed by atoms with Gasteiger partial charge in [0.1, 0.15) is 12.7 Å². The van der Waals surface area contributed by atoms with Crippen LogP contribution < -0.4 is 4.74 Å². The van der Waals surface area contributed by atoms with Crippen molar-refractivity contribution in [1.82, 2.24) is 9.88 Å². The van der Waals surface area contributed by atoms with E-state index in [1.807, 2.05) is 6.92 Å². The number of pyridine rings is 1. The van der Waals surface area contributed by atoms with Crippen LogP contribution in [0.4, 0.5) is 4.79 Å². The Morgan fingerprint density at radius 1 is 1.61 bits per heavy atom. The van der Waals surface area contributed by atoms with Gasteiger partial charge in [-0.25, -0.2) is 4.79 Å². The first kappa shape index (κ1) is 17.0. The maximum absolute atomic E-state index is 12.1. The van der Waals surface area contributed by atoms with Crippen LogP contribution in [0, 0.1) is 11.3 Å². The van der Waals surface area contributed by atoms with Gasteiger partial charge in [-0.2, -0.15) is 5.26 Å². The van der Waals surface area contributed by atoms with Crippen LogP contribution in [-0.4, -0.2) is 55.0 Å². The number of hydrogen-bond acceptors (Lipinski definition) is 6. The lowest BCUT2D eigenvalue weighted by atomic mass is 10.2.